The Morgan fingerprint density at radius 3 is 2.47 bits per heavy atom. The molecule has 0 atom stereocenters. The number of aryl methyl sites for hydroxylation is 1. The van der Waals surface area contributed by atoms with Crippen molar-refractivity contribution in [3.05, 3.63) is 99.6 Å². The Labute approximate surface area is 183 Å². The number of hydrazone groups is 1. The zero-order chi connectivity index (χ0) is 22.9. The lowest BCUT2D eigenvalue weighted by Gasteiger charge is -2.08. The first-order valence-corrected chi connectivity index (χ1v) is 9.58. The molecule has 3 rings (SSSR count). The van der Waals surface area contributed by atoms with E-state index in [9.17, 15) is 19.7 Å². The second kappa shape index (κ2) is 10.5. The van der Waals surface area contributed by atoms with Crippen molar-refractivity contribution < 1.29 is 19.2 Å². The van der Waals surface area contributed by atoms with E-state index in [1.54, 1.807) is 24.3 Å². The number of amides is 2. The van der Waals surface area contributed by atoms with Gasteiger partial charge in [0.25, 0.3) is 17.5 Å². The molecule has 0 aromatic heterocycles. The minimum atomic E-state index is -0.541. The number of anilines is 1. The molecule has 9 nitrogen and oxygen atoms in total. The molecule has 0 saturated heterocycles. The fraction of sp³-hybridized carbons (Fsp3) is 0.0870. The van der Waals surface area contributed by atoms with Crippen molar-refractivity contribution in [2.45, 2.75) is 6.92 Å². The second-order valence-corrected chi connectivity index (χ2v) is 6.78. The maximum atomic E-state index is 12.1. The minimum Gasteiger partial charge on any atom is -0.484 e. The van der Waals surface area contributed by atoms with Crippen LogP contribution in [0.1, 0.15) is 21.5 Å². The van der Waals surface area contributed by atoms with Crippen LogP contribution >= 0.6 is 0 Å². The number of ether oxygens (including phenoxy) is 1. The predicted molar refractivity (Wildman–Crippen MR) is 120 cm³/mol. The summed E-state index contributed by atoms with van der Waals surface area (Å²) in [7, 11) is 0. The van der Waals surface area contributed by atoms with Gasteiger partial charge < -0.3 is 10.1 Å². The molecule has 0 saturated carbocycles. The number of carbonyl (C=O) groups excluding carboxylic acids is 2. The highest BCUT2D eigenvalue weighted by molar-refractivity contribution is 5.95. The minimum absolute atomic E-state index is 0.102. The van der Waals surface area contributed by atoms with Crippen molar-refractivity contribution in [1.82, 2.24) is 5.43 Å². The monoisotopic (exact) mass is 432 g/mol. The first-order chi connectivity index (χ1) is 15.4. The van der Waals surface area contributed by atoms with Gasteiger partial charge in [0.15, 0.2) is 6.61 Å². The number of rotatable bonds is 8. The van der Waals surface area contributed by atoms with E-state index in [2.05, 4.69) is 15.8 Å². The zero-order valence-corrected chi connectivity index (χ0v) is 17.1. The lowest BCUT2D eigenvalue weighted by atomic mass is 10.2. The van der Waals surface area contributed by atoms with Gasteiger partial charge >= 0.3 is 0 Å². The molecule has 0 spiro atoms. The summed E-state index contributed by atoms with van der Waals surface area (Å²) in [4.78, 5) is 34.2. The Balaban J connectivity index is 1.51. The fourth-order valence-electron chi connectivity index (χ4n) is 2.63. The summed E-state index contributed by atoms with van der Waals surface area (Å²) in [5.74, 6) is -0.325. The third-order valence-electron chi connectivity index (χ3n) is 4.28. The third kappa shape index (κ3) is 6.49. The number of nitro groups is 1. The molecular weight excluding hydrogens is 412 g/mol. The van der Waals surface area contributed by atoms with Gasteiger partial charge in [-0.25, -0.2) is 5.43 Å². The molecule has 9 heteroatoms. The van der Waals surface area contributed by atoms with E-state index in [0.29, 0.717) is 17.0 Å². The first-order valence-electron chi connectivity index (χ1n) is 9.58. The van der Waals surface area contributed by atoms with Crippen LogP contribution in [0.3, 0.4) is 0 Å². The van der Waals surface area contributed by atoms with Crippen molar-refractivity contribution in [3.63, 3.8) is 0 Å². The number of hydrogen-bond donors (Lipinski definition) is 2. The van der Waals surface area contributed by atoms with Gasteiger partial charge in [-0.3, -0.25) is 19.7 Å². The maximum Gasteiger partial charge on any atom is 0.271 e. The molecule has 0 bridgehead atoms. The quantitative estimate of drug-likeness (QED) is 0.319. The van der Waals surface area contributed by atoms with Crippen molar-refractivity contribution in [1.29, 1.82) is 0 Å². The first kappa shape index (κ1) is 22.2. The third-order valence-corrected chi connectivity index (χ3v) is 4.28. The molecule has 0 aliphatic heterocycles. The summed E-state index contributed by atoms with van der Waals surface area (Å²) in [5.41, 5.74) is 4.92. The summed E-state index contributed by atoms with van der Waals surface area (Å²) < 4.78 is 5.52. The average Bonchev–Trinajstić information content (AvgIpc) is 2.79. The number of nitrogens with zero attached hydrogens (tertiary/aromatic N) is 2. The molecule has 0 radical (unpaired) electrons. The van der Waals surface area contributed by atoms with Crippen LogP contribution in [-0.2, 0) is 4.79 Å². The van der Waals surface area contributed by atoms with Gasteiger partial charge in [0.2, 0.25) is 0 Å². The van der Waals surface area contributed by atoms with Gasteiger partial charge in [-0.15, -0.1) is 0 Å². The number of benzene rings is 3. The van der Waals surface area contributed by atoms with Gasteiger partial charge in [-0.2, -0.15) is 5.10 Å². The van der Waals surface area contributed by atoms with E-state index < -0.39 is 10.8 Å². The largest absolute Gasteiger partial charge is 0.484 e. The highest BCUT2D eigenvalue weighted by Gasteiger charge is 2.08. The number of hydrogen-bond acceptors (Lipinski definition) is 6. The molecule has 32 heavy (non-hydrogen) atoms. The molecule has 162 valence electrons. The van der Waals surface area contributed by atoms with Crippen molar-refractivity contribution in [2.75, 3.05) is 11.9 Å². The Kier molecular flexibility index (Phi) is 7.26. The van der Waals surface area contributed by atoms with Crippen molar-refractivity contribution in [3.8, 4) is 5.75 Å². The van der Waals surface area contributed by atoms with Gasteiger partial charge in [0.05, 0.1) is 11.1 Å². The fourth-order valence-corrected chi connectivity index (χ4v) is 2.63. The van der Waals surface area contributed by atoms with Crippen LogP contribution in [0.4, 0.5) is 11.4 Å². The molecule has 0 aliphatic carbocycles. The summed E-state index contributed by atoms with van der Waals surface area (Å²) >= 11 is 0. The van der Waals surface area contributed by atoms with E-state index >= 15 is 0 Å². The van der Waals surface area contributed by atoms with Crippen LogP contribution in [0.25, 0.3) is 0 Å². The topological polar surface area (TPSA) is 123 Å². The van der Waals surface area contributed by atoms with Crippen LogP contribution in [0.2, 0.25) is 0 Å². The summed E-state index contributed by atoms with van der Waals surface area (Å²) in [5, 5.41) is 17.3. The van der Waals surface area contributed by atoms with E-state index in [1.807, 2.05) is 31.2 Å². The van der Waals surface area contributed by atoms with E-state index in [0.717, 1.165) is 5.56 Å². The smallest absolute Gasteiger partial charge is 0.271 e. The number of nitro benzene ring substituents is 1. The van der Waals surface area contributed by atoms with Crippen LogP contribution in [-0.4, -0.2) is 29.6 Å². The van der Waals surface area contributed by atoms with E-state index in [4.69, 9.17) is 4.74 Å². The molecule has 3 aromatic carbocycles. The highest BCUT2D eigenvalue weighted by Crippen LogP contribution is 2.14. The lowest BCUT2D eigenvalue weighted by Crippen LogP contribution is -2.20. The molecule has 0 fully saturated rings. The Hall–Kier alpha value is -4.53. The summed E-state index contributed by atoms with van der Waals surface area (Å²) in [6.45, 7) is 1.80. The molecule has 0 heterocycles. The molecule has 2 amide bonds. The van der Waals surface area contributed by atoms with Crippen LogP contribution in [0, 0.1) is 17.0 Å². The van der Waals surface area contributed by atoms with Crippen LogP contribution in [0.5, 0.6) is 5.75 Å². The van der Waals surface area contributed by atoms with Gasteiger partial charge in [0.1, 0.15) is 5.75 Å². The van der Waals surface area contributed by atoms with Gasteiger partial charge in [-0.1, -0.05) is 29.8 Å². The van der Waals surface area contributed by atoms with Crippen LogP contribution < -0.4 is 15.5 Å². The van der Waals surface area contributed by atoms with E-state index in [-0.39, 0.29) is 23.8 Å². The van der Waals surface area contributed by atoms with Crippen molar-refractivity contribution in [2.24, 2.45) is 5.10 Å². The summed E-state index contributed by atoms with van der Waals surface area (Å²) in [6, 6.07) is 19.5. The van der Waals surface area contributed by atoms with E-state index in [1.165, 1.54) is 30.5 Å². The van der Waals surface area contributed by atoms with Crippen LogP contribution in [0.15, 0.2) is 77.9 Å². The standard InChI is InChI=1S/C23H20N4O5/c1-16-5-9-19(10-6-16)25-22(28)15-32-21-4-2-3-17(13-21)14-24-26-23(29)18-7-11-20(12-8-18)27(30)31/h2-14H,15H2,1H3,(H,25,28)(H,26,29)/b24-14+. The zero-order valence-electron chi connectivity index (χ0n) is 17.1. The van der Waals surface area contributed by atoms with Gasteiger partial charge in [0, 0.05) is 23.4 Å². The van der Waals surface area contributed by atoms with Crippen molar-refractivity contribution >= 4 is 29.4 Å². The molecular formula is C23H20N4O5. The molecule has 3 aromatic rings. The number of non-ortho nitro benzene ring substituents is 1. The normalized spacial score (nSPS) is 10.5. The lowest BCUT2D eigenvalue weighted by molar-refractivity contribution is -0.384. The molecule has 2 N–H and O–H groups in total. The summed E-state index contributed by atoms with van der Waals surface area (Å²) in [6.07, 6.45) is 1.42. The average molecular weight is 432 g/mol. The predicted octanol–water partition coefficient (Wildman–Crippen LogP) is 3.68. The SMILES string of the molecule is Cc1ccc(NC(=O)COc2cccc(/C=N/NC(=O)c3ccc([N+](=O)[O-])cc3)c2)cc1. The Bertz CT molecular complexity index is 1140. The number of nitrogens with one attached hydrogen (secondary N) is 2. The second-order valence-electron chi connectivity index (χ2n) is 6.78. The van der Waals surface area contributed by atoms with Gasteiger partial charge in [-0.05, 0) is 48.9 Å². The molecule has 0 unspecified atom stereocenters. The number of carbonyl (C=O) groups is 2. The highest BCUT2D eigenvalue weighted by atomic mass is 16.6. The Morgan fingerprint density at radius 2 is 1.78 bits per heavy atom. The Morgan fingerprint density at radius 1 is 1.06 bits per heavy atom. The maximum absolute atomic E-state index is 12.1. The molecule has 0 aliphatic rings.